The van der Waals surface area contributed by atoms with Crippen molar-refractivity contribution in [3.8, 4) is 0 Å². The van der Waals surface area contributed by atoms with E-state index in [0.717, 1.165) is 18.2 Å². The summed E-state index contributed by atoms with van der Waals surface area (Å²) in [6.45, 7) is 8.57. The van der Waals surface area contributed by atoms with Gasteiger partial charge in [-0.05, 0) is 57.8 Å². The Kier molecular flexibility index (Phi) is 6.85. The highest BCUT2D eigenvalue weighted by molar-refractivity contribution is 4.77. The normalized spacial score (nSPS) is 29.6. The number of likely N-dealkylation sites (tertiary alicyclic amines) is 2. The van der Waals surface area contributed by atoms with E-state index < -0.39 is 0 Å². The van der Waals surface area contributed by atoms with Crippen molar-refractivity contribution in [3.63, 3.8) is 0 Å². The largest absolute Gasteiger partial charge is 0.272 e. The van der Waals surface area contributed by atoms with Gasteiger partial charge in [-0.3, -0.25) is 8.97 Å². The van der Waals surface area contributed by atoms with Crippen molar-refractivity contribution < 1.29 is 8.97 Å². The van der Waals surface area contributed by atoms with Crippen molar-refractivity contribution in [1.82, 2.24) is 0 Å². The Morgan fingerprint density at radius 2 is 1.00 bits per heavy atom. The van der Waals surface area contributed by atoms with Crippen LogP contribution in [0.1, 0.15) is 116 Å². The molecule has 0 aromatic heterocycles. The highest BCUT2D eigenvalue weighted by Crippen LogP contribution is 2.45. The summed E-state index contributed by atoms with van der Waals surface area (Å²) in [6, 6.07) is 2.03. The maximum Gasteiger partial charge on any atom is 0.217 e. The van der Waals surface area contributed by atoms with E-state index in [1.807, 2.05) is 0 Å². The maximum absolute atomic E-state index is 2.43. The smallest absolute Gasteiger partial charge is 0.217 e. The van der Waals surface area contributed by atoms with Crippen LogP contribution in [0.25, 0.3) is 0 Å². The molecule has 156 valence electrons. The van der Waals surface area contributed by atoms with Crippen molar-refractivity contribution in [2.24, 2.45) is 0 Å². The van der Waals surface area contributed by atoms with Crippen molar-refractivity contribution >= 4 is 0 Å². The van der Waals surface area contributed by atoms with Gasteiger partial charge in [0.2, 0.25) is 6.17 Å². The lowest BCUT2D eigenvalue weighted by Crippen LogP contribution is -2.74. The Hall–Kier alpha value is -0.0800. The lowest BCUT2D eigenvalue weighted by molar-refractivity contribution is -1.15. The fourth-order valence-corrected chi connectivity index (χ4v) is 8.21. The molecule has 0 bridgehead atoms. The van der Waals surface area contributed by atoms with Gasteiger partial charge in [0.1, 0.15) is 0 Å². The molecule has 27 heavy (non-hydrogen) atoms. The molecular weight excluding hydrogens is 328 g/mol. The minimum absolute atomic E-state index is 0.959. The monoisotopic (exact) mass is 376 g/mol. The number of hydrogen-bond acceptors (Lipinski definition) is 0. The number of quaternary nitrogens is 2. The van der Waals surface area contributed by atoms with Crippen LogP contribution in [0.2, 0.25) is 0 Å². The molecule has 0 radical (unpaired) electrons. The van der Waals surface area contributed by atoms with E-state index in [-0.39, 0.29) is 0 Å². The van der Waals surface area contributed by atoms with Crippen LogP contribution >= 0.6 is 0 Å². The van der Waals surface area contributed by atoms with Gasteiger partial charge in [-0.1, -0.05) is 26.2 Å². The van der Waals surface area contributed by atoms with Crippen LogP contribution in [-0.4, -0.2) is 53.4 Å². The van der Waals surface area contributed by atoms with Gasteiger partial charge in [0, 0.05) is 25.7 Å². The van der Waals surface area contributed by atoms with E-state index in [0.29, 0.717) is 0 Å². The van der Waals surface area contributed by atoms with Crippen LogP contribution in [0.15, 0.2) is 0 Å². The fourth-order valence-electron chi connectivity index (χ4n) is 8.21. The third-order valence-corrected chi connectivity index (χ3v) is 9.40. The molecule has 0 spiro atoms. The van der Waals surface area contributed by atoms with Gasteiger partial charge in [0.05, 0.1) is 44.7 Å². The van der Waals surface area contributed by atoms with Gasteiger partial charge < -0.3 is 0 Å². The standard InChI is InChI=1S/C25H48N2/c1-2-3-18-25(26(19-10-11-20-26)23-14-6-4-7-15-23)27(21-12-13-22-27)24-16-8-5-9-17-24/h23-25H,2-22H2,1H3/q+2. The molecule has 0 unspecified atom stereocenters. The first-order chi connectivity index (χ1) is 13.3. The average molecular weight is 377 g/mol. The van der Waals surface area contributed by atoms with E-state index in [4.69, 9.17) is 0 Å². The molecule has 2 aliphatic carbocycles. The quantitative estimate of drug-likeness (QED) is 0.452. The molecular formula is C25H48N2+2. The second kappa shape index (κ2) is 9.16. The first kappa shape index (κ1) is 20.2. The molecule has 4 aliphatic rings. The summed E-state index contributed by atoms with van der Waals surface area (Å²) >= 11 is 0. The first-order valence-corrected chi connectivity index (χ1v) is 13.0. The molecule has 4 rings (SSSR count). The Morgan fingerprint density at radius 3 is 1.37 bits per heavy atom. The second-order valence-corrected chi connectivity index (χ2v) is 10.7. The highest BCUT2D eigenvalue weighted by atomic mass is 15.6. The van der Waals surface area contributed by atoms with Gasteiger partial charge in [-0.25, -0.2) is 0 Å². The van der Waals surface area contributed by atoms with E-state index in [1.165, 1.54) is 110 Å². The van der Waals surface area contributed by atoms with Crippen LogP contribution in [-0.2, 0) is 0 Å². The van der Waals surface area contributed by atoms with Gasteiger partial charge >= 0.3 is 0 Å². The molecule has 0 aromatic carbocycles. The Labute approximate surface area is 169 Å². The van der Waals surface area contributed by atoms with Crippen molar-refractivity contribution in [2.75, 3.05) is 26.2 Å². The zero-order chi connectivity index (χ0) is 18.6. The third-order valence-electron chi connectivity index (χ3n) is 9.40. The van der Waals surface area contributed by atoms with Crippen LogP contribution in [0.5, 0.6) is 0 Å². The van der Waals surface area contributed by atoms with Crippen LogP contribution in [0, 0.1) is 0 Å². The molecule has 2 heteroatoms. The molecule has 4 fully saturated rings. The lowest BCUT2D eigenvalue weighted by atomic mass is 9.88. The SMILES string of the molecule is CCCCC([N+]1(C2CCCCC2)CCCC1)[N+]1(C2CCCCC2)CCCC1. The molecule has 2 aliphatic heterocycles. The van der Waals surface area contributed by atoms with Gasteiger partial charge in [0.15, 0.2) is 0 Å². The molecule has 0 N–H and O–H groups in total. The summed E-state index contributed by atoms with van der Waals surface area (Å²) in [4.78, 5) is 0. The number of nitrogens with zero attached hydrogens (tertiary/aromatic N) is 2. The zero-order valence-corrected chi connectivity index (χ0v) is 18.5. The van der Waals surface area contributed by atoms with E-state index >= 15 is 0 Å². The fraction of sp³-hybridized carbons (Fsp3) is 1.00. The first-order valence-electron chi connectivity index (χ1n) is 13.0. The predicted octanol–water partition coefficient (Wildman–Crippen LogP) is 6.39. The number of unbranched alkanes of at least 4 members (excludes halogenated alkanes) is 1. The molecule has 2 saturated carbocycles. The molecule has 2 heterocycles. The van der Waals surface area contributed by atoms with Crippen molar-refractivity contribution in [1.29, 1.82) is 0 Å². The molecule has 2 saturated heterocycles. The molecule has 0 amide bonds. The minimum Gasteiger partial charge on any atom is -0.272 e. The summed E-state index contributed by atoms with van der Waals surface area (Å²) < 4.78 is 3.16. The summed E-state index contributed by atoms with van der Waals surface area (Å²) in [5, 5.41) is 0. The van der Waals surface area contributed by atoms with E-state index in [1.54, 1.807) is 34.6 Å². The summed E-state index contributed by atoms with van der Waals surface area (Å²) in [7, 11) is 0. The second-order valence-electron chi connectivity index (χ2n) is 10.7. The van der Waals surface area contributed by atoms with Crippen molar-refractivity contribution in [2.45, 2.75) is 134 Å². The third kappa shape index (κ3) is 3.87. The van der Waals surface area contributed by atoms with Crippen LogP contribution in [0.3, 0.4) is 0 Å². The van der Waals surface area contributed by atoms with Crippen LogP contribution in [0.4, 0.5) is 0 Å². The van der Waals surface area contributed by atoms with Gasteiger partial charge in [-0.15, -0.1) is 0 Å². The zero-order valence-electron chi connectivity index (χ0n) is 18.5. The molecule has 2 nitrogen and oxygen atoms in total. The Morgan fingerprint density at radius 1 is 0.593 bits per heavy atom. The summed E-state index contributed by atoms with van der Waals surface area (Å²) in [5.74, 6) is 0. The summed E-state index contributed by atoms with van der Waals surface area (Å²) in [6.07, 6.45) is 26.7. The number of rotatable bonds is 7. The molecule has 0 aromatic rings. The molecule has 0 atom stereocenters. The number of hydrogen-bond donors (Lipinski definition) is 0. The Bertz CT molecular complexity index is 397. The predicted molar refractivity (Wildman–Crippen MR) is 116 cm³/mol. The highest BCUT2D eigenvalue weighted by Gasteiger charge is 2.58. The van der Waals surface area contributed by atoms with Gasteiger partial charge in [-0.2, -0.15) is 0 Å². The Balaban J connectivity index is 1.68. The maximum atomic E-state index is 2.43. The topological polar surface area (TPSA) is 0 Å². The van der Waals surface area contributed by atoms with E-state index in [9.17, 15) is 0 Å². The van der Waals surface area contributed by atoms with E-state index in [2.05, 4.69) is 6.92 Å². The average Bonchev–Trinajstić information content (AvgIpc) is 3.41. The lowest BCUT2D eigenvalue weighted by Gasteiger charge is -2.57. The van der Waals surface area contributed by atoms with Crippen LogP contribution < -0.4 is 0 Å². The minimum atomic E-state index is 0.959. The van der Waals surface area contributed by atoms with Crippen molar-refractivity contribution in [3.05, 3.63) is 0 Å². The van der Waals surface area contributed by atoms with Gasteiger partial charge in [0.25, 0.3) is 0 Å². The summed E-state index contributed by atoms with van der Waals surface area (Å²) in [5.41, 5.74) is 0.